The SMILES string of the molecule is Cc1ccccc1CN1CCC2(CC1)C[C@H](OCc1ccccn1)CO2. The summed E-state index contributed by atoms with van der Waals surface area (Å²) in [5.74, 6) is 0. The monoisotopic (exact) mass is 352 g/mol. The van der Waals surface area contributed by atoms with Crippen molar-refractivity contribution in [2.75, 3.05) is 19.7 Å². The molecule has 2 aromatic rings. The lowest BCUT2D eigenvalue weighted by Crippen LogP contribution is -2.44. The number of rotatable bonds is 5. The van der Waals surface area contributed by atoms with Crippen LogP contribution in [0.3, 0.4) is 0 Å². The zero-order valence-corrected chi connectivity index (χ0v) is 15.6. The van der Waals surface area contributed by atoms with E-state index in [2.05, 4.69) is 41.1 Å². The highest BCUT2D eigenvalue weighted by molar-refractivity contribution is 5.25. The minimum absolute atomic E-state index is 0.0248. The summed E-state index contributed by atoms with van der Waals surface area (Å²) in [5.41, 5.74) is 3.83. The molecule has 2 saturated heterocycles. The minimum atomic E-state index is 0.0248. The number of nitrogens with zero attached hydrogens (tertiary/aromatic N) is 2. The van der Waals surface area contributed by atoms with E-state index in [1.54, 1.807) is 0 Å². The molecule has 4 rings (SSSR count). The highest BCUT2D eigenvalue weighted by Crippen LogP contribution is 2.37. The average Bonchev–Trinajstić information content (AvgIpc) is 3.08. The molecule has 2 fully saturated rings. The summed E-state index contributed by atoms with van der Waals surface area (Å²) in [4.78, 5) is 6.88. The van der Waals surface area contributed by atoms with Gasteiger partial charge in [0, 0.05) is 32.3 Å². The number of likely N-dealkylation sites (tertiary alicyclic amines) is 1. The van der Waals surface area contributed by atoms with E-state index in [0.717, 1.165) is 44.6 Å². The molecule has 4 heteroatoms. The van der Waals surface area contributed by atoms with Crippen LogP contribution in [0.25, 0.3) is 0 Å². The Morgan fingerprint density at radius 1 is 1.15 bits per heavy atom. The maximum Gasteiger partial charge on any atom is 0.0892 e. The molecule has 2 aliphatic rings. The third kappa shape index (κ3) is 4.14. The van der Waals surface area contributed by atoms with E-state index in [9.17, 15) is 0 Å². The molecule has 0 saturated carbocycles. The van der Waals surface area contributed by atoms with Gasteiger partial charge in [0.05, 0.1) is 30.6 Å². The smallest absolute Gasteiger partial charge is 0.0892 e. The van der Waals surface area contributed by atoms with Gasteiger partial charge < -0.3 is 9.47 Å². The Labute approximate surface area is 156 Å². The van der Waals surface area contributed by atoms with Crippen molar-refractivity contribution < 1.29 is 9.47 Å². The molecule has 0 N–H and O–H groups in total. The van der Waals surface area contributed by atoms with Crippen molar-refractivity contribution in [3.63, 3.8) is 0 Å². The van der Waals surface area contributed by atoms with Crippen molar-refractivity contribution in [3.05, 3.63) is 65.5 Å². The lowest BCUT2D eigenvalue weighted by molar-refractivity contribution is -0.0469. The van der Waals surface area contributed by atoms with E-state index in [0.29, 0.717) is 13.2 Å². The first-order chi connectivity index (χ1) is 12.7. The molecule has 1 aromatic carbocycles. The molecule has 1 aromatic heterocycles. The number of hydrogen-bond donors (Lipinski definition) is 0. The lowest BCUT2D eigenvalue weighted by atomic mass is 9.87. The molecule has 0 unspecified atom stereocenters. The quantitative estimate of drug-likeness (QED) is 0.821. The van der Waals surface area contributed by atoms with Crippen molar-refractivity contribution in [1.29, 1.82) is 0 Å². The van der Waals surface area contributed by atoms with E-state index in [1.807, 2.05) is 24.4 Å². The van der Waals surface area contributed by atoms with Crippen LogP contribution in [0.15, 0.2) is 48.7 Å². The summed E-state index contributed by atoms with van der Waals surface area (Å²) < 4.78 is 12.3. The Morgan fingerprint density at radius 3 is 2.73 bits per heavy atom. The van der Waals surface area contributed by atoms with E-state index in [4.69, 9.17) is 9.47 Å². The van der Waals surface area contributed by atoms with Gasteiger partial charge in [-0.05, 0) is 43.0 Å². The standard InChI is InChI=1S/C22H28N2O2/c1-18-6-2-3-7-19(18)15-24-12-9-22(10-13-24)14-21(17-26-22)25-16-20-8-4-5-11-23-20/h2-8,11,21H,9-10,12-17H2,1H3/t21-/m0/s1. The van der Waals surface area contributed by atoms with Gasteiger partial charge in [0.1, 0.15) is 0 Å². The Morgan fingerprint density at radius 2 is 1.96 bits per heavy atom. The summed E-state index contributed by atoms with van der Waals surface area (Å²) in [6, 6.07) is 14.6. The number of ether oxygens (including phenoxy) is 2. The van der Waals surface area contributed by atoms with Crippen molar-refractivity contribution in [1.82, 2.24) is 9.88 Å². The molecule has 4 nitrogen and oxygen atoms in total. The van der Waals surface area contributed by atoms with Crippen LogP contribution >= 0.6 is 0 Å². The number of piperidine rings is 1. The number of benzene rings is 1. The van der Waals surface area contributed by atoms with Gasteiger partial charge in [-0.15, -0.1) is 0 Å². The van der Waals surface area contributed by atoms with Gasteiger partial charge in [-0.3, -0.25) is 9.88 Å². The summed E-state index contributed by atoms with van der Waals surface area (Å²) in [6.45, 7) is 6.73. The fourth-order valence-corrected chi connectivity index (χ4v) is 4.09. The van der Waals surface area contributed by atoms with Gasteiger partial charge >= 0.3 is 0 Å². The Kier molecular flexibility index (Phi) is 5.34. The summed E-state index contributed by atoms with van der Waals surface area (Å²) in [5, 5.41) is 0. The molecule has 1 atom stereocenters. The Balaban J connectivity index is 1.26. The van der Waals surface area contributed by atoms with E-state index >= 15 is 0 Å². The van der Waals surface area contributed by atoms with E-state index in [-0.39, 0.29) is 11.7 Å². The van der Waals surface area contributed by atoms with Gasteiger partial charge in [0.25, 0.3) is 0 Å². The predicted octanol–water partition coefficient (Wildman–Crippen LogP) is 3.73. The number of aromatic nitrogens is 1. The van der Waals surface area contributed by atoms with Crippen molar-refractivity contribution in [3.8, 4) is 0 Å². The highest BCUT2D eigenvalue weighted by atomic mass is 16.6. The predicted molar refractivity (Wildman–Crippen MR) is 102 cm³/mol. The molecule has 138 valence electrons. The molecule has 0 aliphatic carbocycles. The molecule has 1 spiro atoms. The zero-order valence-electron chi connectivity index (χ0n) is 15.6. The Bertz CT molecular complexity index is 711. The number of hydrogen-bond acceptors (Lipinski definition) is 4. The molecule has 0 bridgehead atoms. The van der Waals surface area contributed by atoms with E-state index in [1.165, 1.54) is 11.1 Å². The second-order valence-electron chi connectivity index (χ2n) is 7.65. The topological polar surface area (TPSA) is 34.6 Å². The van der Waals surface area contributed by atoms with Gasteiger partial charge in [-0.1, -0.05) is 30.3 Å². The minimum Gasteiger partial charge on any atom is -0.372 e. The van der Waals surface area contributed by atoms with Gasteiger partial charge in [-0.25, -0.2) is 0 Å². The first-order valence-corrected chi connectivity index (χ1v) is 9.65. The van der Waals surface area contributed by atoms with Crippen LogP contribution in [0, 0.1) is 6.92 Å². The first kappa shape index (κ1) is 17.7. The third-order valence-electron chi connectivity index (χ3n) is 5.79. The fourth-order valence-electron chi connectivity index (χ4n) is 4.09. The molecule has 0 radical (unpaired) electrons. The molecule has 26 heavy (non-hydrogen) atoms. The second-order valence-corrected chi connectivity index (χ2v) is 7.65. The van der Waals surface area contributed by atoms with Crippen LogP contribution in [-0.4, -0.2) is 41.3 Å². The Hall–Kier alpha value is -1.75. The van der Waals surface area contributed by atoms with Gasteiger partial charge in [-0.2, -0.15) is 0 Å². The molecule has 0 amide bonds. The number of pyridine rings is 1. The molecule has 3 heterocycles. The summed E-state index contributed by atoms with van der Waals surface area (Å²) >= 11 is 0. The van der Waals surface area contributed by atoms with Crippen LogP contribution in [0.5, 0.6) is 0 Å². The number of aryl methyl sites for hydroxylation is 1. The summed E-state index contributed by atoms with van der Waals surface area (Å²) in [6.07, 6.45) is 5.22. The van der Waals surface area contributed by atoms with Crippen molar-refractivity contribution >= 4 is 0 Å². The van der Waals surface area contributed by atoms with Gasteiger partial charge in [0.2, 0.25) is 0 Å². The van der Waals surface area contributed by atoms with Crippen molar-refractivity contribution in [2.45, 2.75) is 51.0 Å². The highest BCUT2D eigenvalue weighted by Gasteiger charge is 2.43. The van der Waals surface area contributed by atoms with Crippen LogP contribution < -0.4 is 0 Å². The molecular weight excluding hydrogens is 324 g/mol. The summed E-state index contributed by atoms with van der Waals surface area (Å²) in [7, 11) is 0. The van der Waals surface area contributed by atoms with Crippen molar-refractivity contribution in [2.24, 2.45) is 0 Å². The fraction of sp³-hybridized carbons (Fsp3) is 0.500. The van der Waals surface area contributed by atoms with E-state index < -0.39 is 0 Å². The largest absolute Gasteiger partial charge is 0.372 e. The average molecular weight is 352 g/mol. The van der Waals surface area contributed by atoms with Crippen LogP contribution in [0.1, 0.15) is 36.1 Å². The van der Waals surface area contributed by atoms with Crippen LogP contribution in [0.4, 0.5) is 0 Å². The van der Waals surface area contributed by atoms with Gasteiger partial charge in [0.15, 0.2) is 0 Å². The third-order valence-corrected chi connectivity index (χ3v) is 5.79. The second kappa shape index (κ2) is 7.87. The molecular formula is C22H28N2O2. The maximum atomic E-state index is 6.23. The van der Waals surface area contributed by atoms with Crippen LogP contribution in [-0.2, 0) is 22.6 Å². The first-order valence-electron chi connectivity index (χ1n) is 9.65. The lowest BCUT2D eigenvalue weighted by Gasteiger charge is -2.38. The normalized spacial score (nSPS) is 22.7. The maximum absolute atomic E-state index is 6.23. The van der Waals surface area contributed by atoms with Crippen LogP contribution in [0.2, 0.25) is 0 Å². The zero-order chi connectivity index (χ0) is 17.8. The molecule has 2 aliphatic heterocycles.